The van der Waals surface area contributed by atoms with Gasteiger partial charge in [-0.1, -0.05) is 50.2 Å². The van der Waals surface area contributed by atoms with Crippen LogP contribution in [0.2, 0.25) is 0 Å². The number of piperidine rings is 1. The maximum atomic E-state index is 16.7. The van der Waals surface area contributed by atoms with Gasteiger partial charge in [-0.2, -0.15) is 0 Å². The molecule has 3 N–H and O–H groups in total. The highest BCUT2D eigenvalue weighted by atomic mass is 32.2. The van der Waals surface area contributed by atoms with Crippen LogP contribution in [-0.2, 0) is 21.3 Å². The fourth-order valence-electron chi connectivity index (χ4n) is 12.0. The van der Waals surface area contributed by atoms with Gasteiger partial charge in [0.1, 0.15) is 45.0 Å². The molecule has 17 nitrogen and oxygen atoms in total. The van der Waals surface area contributed by atoms with Gasteiger partial charge in [-0.3, -0.25) is 24.7 Å². The van der Waals surface area contributed by atoms with Crippen LogP contribution in [0.5, 0.6) is 17.2 Å². The van der Waals surface area contributed by atoms with Crippen LogP contribution in [-0.4, -0.2) is 110 Å². The van der Waals surface area contributed by atoms with Crippen LogP contribution in [0.3, 0.4) is 0 Å². The Kier molecular flexibility index (Phi) is 14.2. The Balaban J connectivity index is 0.823. The Morgan fingerprint density at radius 1 is 0.974 bits per heavy atom. The molecule has 3 saturated heterocycles. The maximum absolute atomic E-state index is 16.7. The fourth-order valence-corrected chi connectivity index (χ4v) is 13.1. The van der Waals surface area contributed by atoms with Crippen molar-refractivity contribution in [3.05, 3.63) is 142 Å². The van der Waals surface area contributed by atoms with Crippen molar-refractivity contribution in [1.29, 1.82) is 0 Å². The minimum Gasteiger partial charge on any atom is -0.497 e. The lowest BCUT2D eigenvalue weighted by Gasteiger charge is -2.58. The first-order chi connectivity index (χ1) is 37.1. The van der Waals surface area contributed by atoms with Gasteiger partial charge in [0.2, 0.25) is 0 Å². The molecule has 1 atom stereocenters. The summed E-state index contributed by atoms with van der Waals surface area (Å²) in [6, 6.07) is 25.7. The first kappa shape index (κ1) is 51.9. The number of nitrogens with one attached hydrogen (secondary N) is 3. The molecule has 3 aromatic heterocycles. The van der Waals surface area contributed by atoms with Gasteiger partial charge < -0.3 is 33.8 Å². The number of nitro groups is 1. The molecule has 4 fully saturated rings. The number of fused-ring (bicyclic) bond motifs is 2. The van der Waals surface area contributed by atoms with Gasteiger partial charge in [-0.15, -0.1) is 0 Å². The van der Waals surface area contributed by atoms with Crippen LogP contribution in [0, 0.1) is 21.3 Å². The van der Waals surface area contributed by atoms with Crippen molar-refractivity contribution in [2.45, 2.75) is 87.5 Å². The van der Waals surface area contributed by atoms with E-state index in [4.69, 9.17) is 18.6 Å². The van der Waals surface area contributed by atoms with Crippen molar-refractivity contribution < 1.29 is 45.5 Å². The number of carbonyl (C=O) groups is 1. The summed E-state index contributed by atoms with van der Waals surface area (Å²) >= 11 is 0. The monoisotopic (exact) mass is 1070 g/mol. The zero-order valence-electron chi connectivity index (χ0n) is 43.2. The zero-order valence-corrected chi connectivity index (χ0v) is 44.0. The number of nitro benzene ring substituents is 1. The highest BCUT2D eigenvalue weighted by Crippen LogP contribution is 2.54. The number of aromatic nitrogens is 2. The molecule has 404 valence electrons. The normalized spacial score (nSPS) is 19.1. The number of ether oxygens (including phenoxy) is 3. The summed E-state index contributed by atoms with van der Waals surface area (Å²) in [6.45, 7) is 9.30. The van der Waals surface area contributed by atoms with Crippen LogP contribution >= 0.6 is 0 Å². The van der Waals surface area contributed by atoms with Crippen molar-refractivity contribution in [2.24, 2.45) is 5.41 Å². The van der Waals surface area contributed by atoms with Gasteiger partial charge in [-0.05, 0) is 90.1 Å². The second kappa shape index (κ2) is 21.0. The van der Waals surface area contributed by atoms with E-state index in [0.29, 0.717) is 36.1 Å². The third-order valence-electron chi connectivity index (χ3n) is 16.3. The number of piperazine rings is 1. The molecule has 11 rings (SSSR count). The first-order valence-electron chi connectivity index (χ1n) is 26.2. The van der Waals surface area contributed by atoms with Crippen LogP contribution in [0.25, 0.3) is 22.0 Å². The van der Waals surface area contributed by atoms with Crippen molar-refractivity contribution in [3.8, 4) is 17.2 Å². The van der Waals surface area contributed by atoms with E-state index in [1.807, 2.05) is 21.8 Å². The molecular formula is C57H62F2N8O9S. The lowest BCUT2D eigenvalue weighted by molar-refractivity contribution is -0.384. The highest BCUT2D eigenvalue weighted by Gasteiger charge is 2.50. The number of pyridine rings is 1. The van der Waals surface area contributed by atoms with Gasteiger partial charge >= 0.3 is 0 Å². The lowest BCUT2D eigenvalue weighted by Crippen LogP contribution is -2.60. The minimum atomic E-state index is -4.98. The Labute approximate surface area is 445 Å². The summed E-state index contributed by atoms with van der Waals surface area (Å²) in [4.78, 5) is 39.9. The SMILES string of the molecule is COc1ccc(CN2CCN(C3CC4(CCN(c5cc(Oc6cnc7[nH]ccc7c6)c(C(=O)NS(=O)(=O)c6cc([N+](=O)[O-])c(NCC7(F)CCOCC7)c7ccoc67)cc5F)CC4)C3)[C@H](c3ccccc3C(C)C)C2)cc1. The molecule has 0 bridgehead atoms. The summed E-state index contributed by atoms with van der Waals surface area (Å²) in [5.74, 6) is -0.761. The molecule has 0 radical (unpaired) electrons. The molecule has 1 spiro atoms. The number of nitrogens with zero attached hydrogens (tertiary/aromatic N) is 5. The number of alkyl halides is 1. The Hall–Kier alpha value is -7.13. The number of furan rings is 1. The molecule has 77 heavy (non-hydrogen) atoms. The van der Waals surface area contributed by atoms with Crippen LogP contribution in [0.15, 0.2) is 113 Å². The Morgan fingerprint density at radius 2 is 1.74 bits per heavy atom. The molecule has 3 aliphatic heterocycles. The predicted octanol–water partition coefficient (Wildman–Crippen LogP) is 10.6. The third-order valence-corrected chi connectivity index (χ3v) is 17.6. The number of aromatic amines is 1. The minimum absolute atomic E-state index is 0.0217. The largest absolute Gasteiger partial charge is 0.497 e. The third kappa shape index (κ3) is 10.5. The zero-order chi connectivity index (χ0) is 53.6. The van der Waals surface area contributed by atoms with Gasteiger partial charge in [-0.25, -0.2) is 26.9 Å². The number of methoxy groups -OCH3 is 1. The number of carbonyl (C=O) groups excluding carboxylic acids is 1. The number of H-pyrrole nitrogens is 1. The molecule has 6 heterocycles. The number of rotatable bonds is 16. The molecule has 7 aromatic rings. The number of anilines is 2. The van der Waals surface area contributed by atoms with E-state index in [1.54, 1.807) is 25.4 Å². The van der Waals surface area contributed by atoms with E-state index in [2.05, 4.69) is 75.3 Å². The smallest absolute Gasteiger partial charge is 0.294 e. The van der Waals surface area contributed by atoms with E-state index in [1.165, 1.54) is 35.0 Å². The maximum Gasteiger partial charge on any atom is 0.294 e. The summed E-state index contributed by atoms with van der Waals surface area (Å²) in [7, 11) is -3.29. The van der Waals surface area contributed by atoms with Crippen molar-refractivity contribution >= 4 is 55.0 Å². The van der Waals surface area contributed by atoms with Gasteiger partial charge in [0.25, 0.3) is 21.6 Å². The van der Waals surface area contributed by atoms with Crippen LogP contribution < -0.4 is 24.4 Å². The number of sulfonamides is 1. The second-order valence-corrected chi connectivity index (χ2v) is 23.0. The molecule has 1 saturated carbocycles. The van der Waals surface area contributed by atoms with Crippen molar-refractivity contribution in [3.63, 3.8) is 0 Å². The predicted molar refractivity (Wildman–Crippen MR) is 288 cm³/mol. The summed E-state index contributed by atoms with van der Waals surface area (Å²) < 4.78 is 85.3. The molecule has 1 amide bonds. The molecule has 1 aliphatic carbocycles. The number of amides is 1. The van der Waals surface area contributed by atoms with E-state index in [-0.39, 0.29) is 77.9 Å². The van der Waals surface area contributed by atoms with E-state index < -0.39 is 48.5 Å². The number of halogens is 2. The summed E-state index contributed by atoms with van der Waals surface area (Å²) in [5.41, 5.74) is 1.50. The van der Waals surface area contributed by atoms with Crippen LogP contribution in [0.4, 0.5) is 25.8 Å². The molecule has 0 unspecified atom stereocenters. The van der Waals surface area contributed by atoms with Crippen LogP contribution in [0.1, 0.15) is 91.4 Å². The molecule has 4 aromatic carbocycles. The number of hydrogen-bond donors (Lipinski definition) is 3. The highest BCUT2D eigenvalue weighted by molar-refractivity contribution is 7.90. The van der Waals surface area contributed by atoms with Gasteiger partial charge in [0.15, 0.2) is 5.58 Å². The standard InChI is InChI=1S/C57H62F2N8O9S/c1-36(2)42-6-4-5-7-43(42)49-34-64(33-37-8-10-40(73-3)11-9-37)21-22-66(49)39-30-56(31-39)14-19-65(20-15-56)47-28-50(76-41-26-38-12-18-60-54(38)61-32-41)45(27-46(47)58)55(68)63-77(71,72)51-29-48(67(69)70)52(44-13-23-75-53(44)51)62-35-57(59)16-24-74-25-17-57/h4-13,18,23,26-29,32,36,39,49,62H,14-17,19-22,24-25,30-31,33-35H2,1-3H3,(H,60,61)(H,63,68)/t49-/m0/s1. The Morgan fingerprint density at radius 3 is 2.48 bits per heavy atom. The first-order valence-corrected chi connectivity index (χ1v) is 27.7. The molecule has 20 heteroatoms. The molecule has 4 aliphatic rings. The van der Waals surface area contributed by atoms with E-state index in [9.17, 15) is 23.3 Å². The topological polar surface area (TPSA) is 198 Å². The van der Waals surface area contributed by atoms with Gasteiger partial charge in [0, 0.05) is 108 Å². The quantitative estimate of drug-likeness (QED) is 0.0610. The van der Waals surface area contributed by atoms with Crippen molar-refractivity contribution in [1.82, 2.24) is 24.5 Å². The second-order valence-electron chi connectivity index (χ2n) is 21.4. The lowest BCUT2D eigenvalue weighted by atomic mass is 9.59. The number of benzene rings is 4. The summed E-state index contributed by atoms with van der Waals surface area (Å²) in [5, 5.41) is 16.0. The fraction of sp³-hybridized carbons (Fsp3) is 0.404. The van der Waals surface area contributed by atoms with Crippen molar-refractivity contribution in [2.75, 3.05) is 69.8 Å². The number of hydrogen-bond acceptors (Lipinski definition) is 14. The average molecular weight is 1070 g/mol. The summed E-state index contributed by atoms with van der Waals surface area (Å²) in [6.07, 6.45) is 8.10. The average Bonchev–Trinajstić information content (AvgIpc) is 4.19. The Bertz CT molecular complexity index is 3440. The van der Waals surface area contributed by atoms with E-state index in [0.717, 1.165) is 76.0 Å². The molecular weight excluding hydrogens is 1010 g/mol. The van der Waals surface area contributed by atoms with E-state index >= 15 is 8.78 Å². The van der Waals surface area contributed by atoms with Gasteiger partial charge in [0.05, 0.1) is 41.1 Å².